The predicted molar refractivity (Wildman–Crippen MR) is 161 cm³/mol. The second-order valence-corrected chi connectivity index (χ2v) is 12.7. The first kappa shape index (κ1) is 32.7. The summed E-state index contributed by atoms with van der Waals surface area (Å²) in [7, 11) is 4.50. The molecule has 232 valence electrons. The first-order valence-electron chi connectivity index (χ1n) is 13.7. The number of hydrogen-bond acceptors (Lipinski definition) is 14. The SMILES string of the molecule is [B]C(O)(O)C(O)(C([B])(O)O)S(=O)(=O)c1ccc(-c2cnc(N)c(-c3cc(-c4ccc(CNC5CCOCC5)cc4)no3)n2)cc1. The van der Waals surface area contributed by atoms with Crippen LogP contribution in [0.4, 0.5) is 5.82 Å². The van der Waals surface area contributed by atoms with Gasteiger partial charge in [0.25, 0.3) is 4.93 Å². The fourth-order valence-electron chi connectivity index (χ4n) is 4.84. The molecule has 1 aliphatic heterocycles. The number of ether oxygens (including phenoxy) is 1. The van der Waals surface area contributed by atoms with E-state index in [-0.39, 0.29) is 23.0 Å². The number of anilines is 1. The summed E-state index contributed by atoms with van der Waals surface area (Å²) in [5, 5.41) is 56.8. The summed E-state index contributed by atoms with van der Waals surface area (Å²) >= 11 is 0. The minimum Gasteiger partial charge on any atom is -0.382 e. The maximum absolute atomic E-state index is 13.0. The maximum atomic E-state index is 13.0. The first-order chi connectivity index (χ1) is 21.1. The van der Waals surface area contributed by atoms with Crippen molar-refractivity contribution in [1.82, 2.24) is 20.4 Å². The highest BCUT2D eigenvalue weighted by Crippen LogP contribution is 2.38. The second-order valence-electron chi connectivity index (χ2n) is 10.7. The molecule has 0 aliphatic carbocycles. The van der Waals surface area contributed by atoms with Crippen molar-refractivity contribution in [3.8, 4) is 34.0 Å². The molecule has 45 heavy (non-hydrogen) atoms. The van der Waals surface area contributed by atoms with E-state index in [2.05, 4.69) is 20.4 Å². The van der Waals surface area contributed by atoms with Crippen LogP contribution in [0.5, 0.6) is 0 Å². The van der Waals surface area contributed by atoms with E-state index in [0.717, 1.165) is 55.9 Å². The molecule has 0 saturated carbocycles. The molecule has 14 nitrogen and oxygen atoms in total. The highest BCUT2D eigenvalue weighted by atomic mass is 32.2. The van der Waals surface area contributed by atoms with Crippen molar-refractivity contribution in [3.63, 3.8) is 0 Å². The van der Waals surface area contributed by atoms with Gasteiger partial charge in [0.05, 0.1) is 16.8 Å². The highest BCUT2D eigenvalue weighted by molar-refractivity contribution is 7.93. The van der Waals surface area contributed by atoms with E-state index in [9.17, 15) is 34.0 Å². The quantitative estimate of drug-likeness (QED) is 0.0853. The van der Waals surface area contributed by atoms with Gasteiger partial charge in [0.2, 0.25) is 9.84 Å². The Morgan fingerprint density at radius 3 is 2.09 bits per heavy atom. The van der Waals surface area contributed by atoms with Crippen molar-refractivity contribution in [2.75, 3.05) is 18.9 Å². The average Bonchev–Trinajstić information content (AvgIpc) is 3.50. The van der Waals surface area contributed by atoms with Crippen LogP contribution in [0.25, 0.3) is 34.0 Å². The molecule has 0 atom stereocenters. The van der Waals surface area contributed by atoms with Crippen LogP contribution in [0.3, 0.4) is 0 Å². The second kappa shape index (κ2) is 12.3. The zero-order chi connectivity index (χ0) is 32.6. The van der Waals surface area contributed by atoms with Gasteiger partial charge in [0.15, 0.2) is 44.3 Å². The van der Waals surface area contributed by atoms with E-state index in [1.807, 2.05) is 24.3 Å². The van der Waals surface area contributed by atoms with E-state index in [1.54, 1.807) is 6.07 Å². The Bertz CT molecular complexity index is 1740. The van der Waals surface area contributed by atoms with Crippen molar-refractivity contribution < 1.29 is 43.2 Å². The van der Waals surface area contributed by atoms with Crippen molar-refractivity contribution in [1.29, 1.82) is 0 Å². The molecule has 0 amide bonds. The summed E-state index contributed by atoms with van der Waals surface area (Å²) in [6, 6.07) is 14.3. The Morgan fingerprint density at radius 2 is 1.49 bits per heavy atom. The Balaban J connectivity index is 1.35. The molecule has 8 N–H and O–H groups in total. The molecule has 2 aromatic heterocycles. The van der Waals surface area contributed by atoms with Gasteiger partial charge in [-0.3, -0.25) is 0 Å². The van der Waals surface area contributed by atoms with Crippen LogP contribution in [0.1, 0.15) is 18.4 Å². The molecule has 1 fully saturated rings. The van der Waals surface area contributed by atoms with E-state index < -0.39 is 31.0 Å². The van der Waals surface area contributed by atoms with Crippen LogP contribution in [-0.4, -0.2) is 100 Å². The van der Waals surface area contributed by atoms with Gasteiger partial charge < -0.3 is 45.8 Å². The Hall–Kier alpha value is -3.67. The number of aliphatic hydroxyl groups is 5. The number of nitrogens with two attached hydrogens (primary N) is 1. The first-order valence-corrected chi connectivity index (χ1v) is 15.1. The van der Waals surface area contributed by atoms with Gasteiger partial charge in [-0.05, 0) is 30.5 Å². The lowest BCUT2D eigenvalue weighted by molar-refractivity contribution is -0.277. The third kappa shape index (κ3) is 6.39. The Labute approximate surface area is 260 Å². The highest BCUT2D eigenvalue weighted by Gasteiger charge is 2.65. The monoisotopic (exact) mass is 633 g/mol. The molecule has 1 saturated heterocycles. The van der Waals surface area contributed by atoms with Gasteiger partial charge in [-0.1, -0.05) is 41.6 Å². The number of nitrogens with one attached hydrogen (secondary N) is 1. The molecule has 1 aliphatic rings. The molecule has 3 heterocycles. The van der Waals surface area contributed by atoms with E-state index >= 15 is 0 Å². The maximum Gasteiger partial charge on any atom is 0.257 e. The fourth-order valence-corrected chi connectivity index (χ4v) is 6.47. The summed E-state index contributed by atoms with van der Waals surface area (Å²) < 4.78 is 36.9. The Kier molecular flexibility index (Phi) is 8.91. The number of nitrogens with zero attached hydrogens (tertiary/aromatic N) is 3. The van der Waals surface area contributed by atoms with Crippen LogP contribution in [0.15, 0.2) is 70.2 Å². The summed E-state index contributed by atoms with van der Waals surface area (Å²) in [5.74, 6) is 0.261. The van der Waals surface area contributed by atoms with Crippen molar-refractivity contribution in [2.45, 2.75) is 46.6 Å². The van der Waals surface area contributed by atoms with Crippen LogP contribution in [-0.2, 0) is 21.1 Å². The van der Waals surface area contributed by atoms with E-state index in [0.29, 0.717) is 17.3 Å². The van der Waals surface area contributed by atoms with Gasteiger partial charge in [-0.25, -0.2) is 18.4 Å². The number of nitrogen functional groups attached to an aromatic ring is 1. The van der Waals surface area contributed by atoms with Gasteiger partial charge >= 0.3 is 0 Å². The van der Waals surface area contributed by atoms with Crippen LogP contribution >= 0.6 is 0 Å². The molecule has 0 bridgehead atoms. The lowest BCUT2D eigenvalue weighted by Crippen LogP contribution is -2.72. The van der Waals surface area contributed by atoms with Crippen molar-refractivity contribution >= 4 is 31.3 Å². The smallest absolute Gasteiger partial charge is 0.257 e. The summed E-state index contributed by atoms with van der Waals surface area (Å²) in [6.07, 6.45) is 3.29. The number of rotatable bonds is 10. The molecular formula is C28H29B2N5O9S. The Morgan fingerprint density at radius 1 is 0.911 bits per heavy atom. The standard InChI is InChI=1S/C28H29B2N5O9S/c29-27(37,38)26(36,28(30,39)40)45(41,42)20-7-5-18(6-8-20)22-15-33-25(31)24(34-22)23-13-21(35-44-23)17-3-1-16(2-4-17)14-32-19-9-11-43-12-10-19/h1-8,13,15,19,32,36-40H,9-12,14H2,(H2,31,33). The van der Waals surface area contributed by atoms with Crippen LogP contribution < -0.4 is 11.1 Å². The zero-order valence-electron chi connectivity index (χ0n) is 23.7. The molecule has 5 rings (SSSR count). The molecular weight excluding hydrogens is 604 g/mol. The van der Waals surface area contributed by atoms with Gasteiger partial charge in [0.1, 0.15) is 5.69 Å². The third-order valence-corrected chi connectivity index (χ3v) is 9.73. The molecule has 0 unspecified atom stereocenters. The topological polar surface area (TPSA) is 234 Å². The van der Waals surface area contributed by atoms with E-state index in [1.165, 1.54) is 18.3 Å². The van der Waals surface area contributed by atoms with Gasteiger partial charge in [-0.2, -0.15) is 0 Å². The molecule has 17 heteroatoms. The molecule has 0 spiro atoms. The lowest BCUT2D eigenvalue weighted by Gasteiger charge is -2.44. The van der Waals surface area contributed by atoms with Crippen LogP contribution in [0, 0.1) is 0 Å². The van der Waals surface area contributed by atoms with Crippen molar-refractivity contribution in [2.24, 2.45) is 0 Å². The number of sulfone groups is 1. The van der Waals surface area contributed by atoms with Gasteiger partial charge in [-0.15, -0.1) is 0 Å². The fraction of sp³-hybridized carbons (Fsp3) is 0.321. The molecule has 4 radical (unpaired) electrons. The minimum atomic E-state index is -5.39. The number of hydrogen-bond donors (Lipinski definition) is 7. The van der Waals surface area contributed by atoms with Crippen molar-refractivity contribution in [3.05, 3.63) is 66.4 Å². The third-order valence-electron chi connectivity index (χ3n) is 7.46. The summed E-state index contributed by atoms with van der Waals surface area (Å²) in [4.78, 5) is 3.61. The zero-order valence-corrected chi connectivity index (χ0v) is 24.6. The molecule has 2 aromatic carbocycles. The van der Waals surface area contributed by atoms with Crippen LogP contribution in [0.2, 0.25) is 0 Å². The predicted octanol–water partition coefficient (Wildman–Crippen LogP) is -0.607. The van der Waals surface area contributed by atoms with Gasteiger partial charge in [0, 0.05) is 43.0 Å². The molecule has 4 aromatic rings. The lowest BCUT2D eigenvalue weighted by atomic mass is 9.76. The number of aromatic nitrogens is 3. The average molecular weight is 633 g/mol. The largest absolute Gasteiger partial charge is 0.382 e. The summed E-state index contributed by atoms with van der Waals surface area (Å²) in [6.45, 7) is 2.27. The normalized spacial score (nSPS) is 15.3. The minimum absolute atomic E-state index is 0.0376. The van der Waals surface area contributed by atoms with E-state index in [4.69, 9.17) is 30.7 Å². The summed E-state index contributed by atoms with van der Waals surface area (Å²) in [5.41, 5.74) is 1.10. The number of benzene rings is 2.